The molecule has 5 heteroatoms. The summed E-state index contributed by atoms with van der Waals surface area (Å²) in [6.45, 7) is 2.67. The van der Waals surface area contributed by atoms with E-state index in [0.29, 0.717) is 18.3 Å². The Balaban J connectivity index is 2.26. The van der Waals surface area contributed by atoms with Gasteiger partial charge < -0.3 is 9.26 Å². The molecule has 4 nitrogen and oxygen atoms in total. The SMILES string of the molecule is CCCCCCCCOC(=O)c1ccc(C[PH](=O)OC)cc1. The van der Waals surface area contributed by atoms with Crippen molar-refractivity contribution in [3.05, 3.63) is 35.4 Å². The van der Waals surface area contributed by atoms with Crippen LogP contribution in [0.5, 0.6) is 0 Å². The molecule has 0 aliphatic rings. The van der Waals surface area contributed by atoms with Crippen molar-refractivity contribution in [2.45, 2.75) is 51.6 Å². The van der Waals surface area contributed by atoms with Crippen LogP contribution in [0, 0.1) is 0 Å². The molecule has 1 rings (SSSR count). The fourth-order valence-corrected chi connectivity index (χ4v) is 2.84. The highest BCUT2D eigenvalue weighted by molar-refractivity contribution is 7.38. The summed E-state index contributed by atoms with van der Waals surface area (Å²) in [5.41, 5.74) is 1.44. The maximum Gasteiger partial charge on any atom is 0.338 e. The van der Waals surface area contributed by atoms with E-state index in [0.717, 1.165) is 18.4 Å². The molecule has 0 aromatic heterocycles. The van der Waals surface area contributed by atoms with E-state index in [1.807, 2.05) is 0 Å². The third-order valence-corrected chi connectivity index (χ3v) is 4.65. The van der Waals surface area contributed by atoms with Gasteiger partial charge >= 0.3 is 5.97 Å². The monoisotopic (exact) mass is 326 g/mol. The predicted octanol–water partition coefficient (Wildman–Crippen LogP) is 4.83. The lowest BCUT2D eigenvalue weighted by Gasteiger charge is -2.06. The van der Waals surface area contributed by atoms with Gasteiger partial charge in [0.05, 0.1) is 12.2 Å². The fourth-order valence-electron chi connectivity index (χ4n) is 2.13. The summed E-state index contributed by atoms with van der Waals surface area (Å²) in [6, 6.07) is 7.01. The van der Waals surface area contributed by atoms with Crippen LogP contribution in [0.4, 0.5) is 0 Å². The second-order valence-electron chi connectivity index (χ2n) is 5.35. The Kier molecular flexibility index (Phi) is 9.85. The van der Waals surface area contributed by atoms with Crippen LogP contribution in [0.3, 0.4) is 0 Å². The zero-order valence-corrected chi connectivity index (χ0v) is 14.6. The number of carbonyl (C=O) groups is 1. The maximum atomic E-state index is 11.9. The lowest BCUT2D eigenvalue weighted by atomic mass is 10.1. The number of carbonyl (C=O) groups excluding carboxylic acids is 1. The van der Waals surface area contributed by atoms with Gasteiger partial charge in [-0.25, -0.2) is 4.79 Å². The number of hydrogen-bond donors (Lipinski definition) is 0. The molecule has 0 aliphatic carbocycles. The van der Waals surface area contributed by atoms with Gasteiger partial charge in [0.25, 0.3) is 0 Å². The van der Waals surface area contributed by atoms with Crippen molar-refractivity contribution in [2.75, 3.05) is 13.7 Å². The summed E-state index contributed by atoms with van der Waals surface area (Å²) < 4.78 is 21.4. The van der Waals surface area contributed by atoms with Crippen molar-refractivity contribution in [3.8, 4) is 0 Å². The Labute approximate surface area is 134 Å². The summed E-state index contributed by atoms with van der Waals surface area (Å²) in [5, 5.41) is 0. The Bertz CT molecular complexity index is 456. The predicted molar refractivity (Wildman–Crippen MR) is 89.8 cm³/mol. The van der Waals surface area contributed by atoms with Crippen molar-refractivity contribution in [1.82, 2.24) is 0 Å². The molecule has 1 aromatic carbocycles. The molecule has 22 heavy (non-hydrogen) atoms. The van der Waals surface area contributed by atoms with E-state index in [2.05, 4.69) is 6.92 Å². The first-order chi connectivity index (χ1) is 10.7. The van der Waals surface area contributed by atoms with E-state index in [1.54, 1.807) is 24.3 Å². The first-order valence-corrected chi connectivity index (χ1v) is 9.52. The normalized spacial score (nSPS) is 12.1. The molecule has 0 radical (unpaired) electrons. The van der Waals surface area contributed by atoms with E-state index < -0.39 is 8.03 Å². The van der Waals surface area contributed by atoms with Crippen LogP contribution >= 0.6 is 8.03 Å². The molecule has 0 heterocycles. The molecule has 0 spiro atoms. The van der Waals surface area contributed by atoms with Crippen LogP contribution in [-0.2, 0) is 20.0 Å². The largest absolute Gasteiger partial charge is 0.462 e. The number of unbranched alkanes of at least 4 members (excludes halogenated alkanes) is 5. The van der Waals surface area contributed by atoms with Crippen molar-refractivity contribution >= 4 is 14.0 Å². The van der Waals surface area contributed by atoms with E-state index in [-0.39, 0.29) is 5.97 Å². The third-order valence-electron chi connectivity index (χ3n) is 3.50. The molecule has 0 fully saturated rings. The topological polar surface area (TPSA) is 52.6 Å². The van der Waals surface area contributed by atoms with Crippen LogP contribution in [0.1, 0.15) is 61.4 Å². The summed E-state index contributed by atoms with van der Waals surface area (Å²) in [4.78, 5) is 11.9. The number of rotatable bonds is 11. The Hall–Kier alpha value is -1.12. The number of hydrogen-bond acceptors (Lipinski definition) is 4. The highest BCUT2D eigenvalue weighted by atomic mass is 31.1. The van der Waals surface area contributed by atoms with E-state index >= 15 is 0 Å². The molecule has 0 saturated heterocycles. The molecule has 1 atom stereocenters. The fraction of sp³-hybridized carbons (Fsp3) is 0.588. The molecular formula is C17H27O4P. The van der Waals surface area contributed by atoms with Crippen molar-refractivity contribution in [2.24, 2.45) is 0 Å². The molecule has 0 N–H and O–H groups in total. The summed E-state index contributed by atoms with van der Waals surface area (Å²) >= 11 is 0. The average Bonchev–Trinajstić information content (AvgIpc) is 2.54. The van der Waals surface area contributed by atoms with Gasteiger partial charge in [-0.1, -0.05) is 51.2 Å². The van der Waals surface area contributed by atoms with Gasteiger partial charge in [0.1, 0.15) is 0 Å². The highest BCUT2D eigenvalue weighted by Crippen LogP contribution is 2.26. The minimum atomic E-state index is -2.01. The molecule has 0 saturated carbocycles. The quantitative estimate of drug-likeness (QED) is 0.332. The van der Waals surface area contributed by atoms with Crippen LogP contribution in [0.25, 0.3) is 0 Å². The second-order valence-corrected chi connectivity index (χ2v) is 6.86. The summed E-state index contributed by atoms with van der Waals surface area (Å²) in [6.07, 6.45) is 7.41. The zero-order chi connectivity index (χ0) is 16.2. The van der Waals surface area contributed by atoms with E-state index in [4.69, 9.17) is 9.26 Å². The first-order valence-electron chi connectivity index (χ1n) is 8.00. The first kappa shape index (κ1) is 18.9. The minimum Gasteiger partial charge on any atom is -0.462 e. The smallest absolute Gasteiger partial charge is 0.338 e. The van der Waals surface area contributed by atoms with Gasteiger partial charge in [0.15, 0.2) is 8.03 Å². The highest BCUT2D eigenvalue weighted by Gasteiger charge is 2.07. The Morgan fingerprint density at radius 3 is 2.32 bits per heavy atom. The van der Waals surface area contributed by atoms with Crippen LogP contribution < -0.4 is 0 Å². The van der Waals surface area contributed by atoms with Gasteiger partial charge in [-0.05, 0) is 24.1 Å². The Morgan fingerprint density at radius 2 is 1.68 bits per heavy atom. The van der Waals surface area contributed by atoms with Crippen LogP contribution in [0.15, 0.2) is 24.3 Å². The zero-order valence-electron chi connectivity index (χ0n) is 13.6. The molecule has 0 aliphatic heterocycles. The average molecular weight is 326 g/mol. The maximum absolute atomic E-state index is 11.9. The number of benzene rings is 1. The third kappa shape index (κ3) is 7.77. The van der Waals surface area contributed by atoms with Gasteiger partial charge in [-0.2, -0.15) is 0 Å². The molecule has 1 unspecified atom stereocenters. The molecular weight excluding hydrogens is 299 g/mol. The van der Waals surface area contributed by atoms with Crippen LogP contribution in [-0.4, -0.2) is 19.7 Å². The number of esters is 1. The van der Waals surface area contributed by atoms with Crippen LogP contribution in [0.2, 0.25) is 0 Å². The van der Waals surface area contributed by atoms with Gasteiger partial charge in [0.2, 0.25) is 0 Å². The molecule has 1 aromatic rings. The Morgan fingerprint density at radius 1 is 1.05 bits per heavy atom. The van der Waals surface area contributed by atoms with E-state index in [1.165, 1.54) is 32.8 Å². The number of ether oxygens (including phenoxy) is 1. The van der Waals surface area contributed by atoms with E-state index in [9.17, 15) is 9.36 Å². The summed E-state index contributed by atoms with van der Waals surface area (Å²) in [7, 11) is -0.567. The standard InChI is InChI=1S/C17H27O4P/c1-3-4-5-6-7-8-13-21-17(18)16-11-9-15(10-12-16)14-22(19)20-2/h9-12,22H,3-8,13-14H2,1-2H3. The lowest BCUT2D eigenvalue weighted by Crippen LogP contribution is -2.06. The molecule has 0 bridgehead atoms. The van der Waals surface area contributed by atoms with Crippen molar-refractivity contribution in [1.29, 1.82) is 0 Å². The molecule has 124 valence electrons. The second kappa shape index (κ2) is 11.4. The minimum absolute atomic E-state index is 0.292. The lowest BCUT2D eigenvalue weighted by molar-refractivity contribution is 0.0497. The van der Waals surface area contributed by atoms with Crippen molar-refractivity contribution < 1.29 is 18.6 Å². The molecule has 0 amide bonds. The summed E-state index contributed by atoms with van der Waals surface area (Å²) in [5.74, 6) is -0.292. The van der Waals surface area contributed by atoms with Gasteiger partial charge in [-0.15, -0.1) is 0 Å². The van der Waals surface area contributed by atoms with Gasteiger partial charge in [0, 0.05) is 13.3 Å². The van der Waals surface area contributed by atoms with Crippen molar-refractivity contribution in [3.63, 3.8) is 0 Å². The van der Waals surface area contributed by atoms with Gasteiger partial charge in [-0.3, -0.25) is 4.57 Å².